The fraction of sp³-hybridized carbons (Fsp3) is 0.500. The van der Waals surface area contributed by atoms with Crippen molar-refractivity contribution in [3.05, 3.63) is 39.3 Å². The third-order valence-corrected chi connectivity index (χ3v) is 8.45. The van der Waals surface area contributed by atoms with E-state index in [0.717, 1.165) is 6.07 Å². The maximum Gasteiger partial charge on any atom is 0.394 e. The van der Waals surface area contributed by atoms with Crippen molar-refractivity contribution in [3.8, 4) is 0 Å². The highest BCUT2D eigenvalue weighted by Crippen LogP contribution is 2.36. The van der Waals surface area contributed by atoms with Gasteiger partial charge in [-0.25, -0.2) is 18.5 Å². The molecule has 2 heterocycles. The molecule has 3 rings (SSSR count). The zero-order chi connectivity index (χ0) is 24.8. The first-order valence-electron chi connectivity index (χ1n) is 10.1. The van der Waals surface area contributed by atoms with E-state index in [4.69, 9.17) is 5.14 Å². The maximum absolute atomic E-state index is 14.4. The molecule has 7 nitrogen and oxygen atoms in total. The summed E-state index contributed by atoms with van der Waals surface area (Å²) in [4.78, 5) is 17.0. The molecule has 0 aromatic carbocycles. The molecule has 0 spiro atoms. The van der Waals surface area contributed by atoms with Crippen molar-refractivity contribution in [2.45, 2.75) is 68.9 Å². The number of pyridine rings is 1. The SMILES string of the molecule is CCc1c(CC(F)(F)F)nc2c(c1NC(=O)N=S(N)(=O)c1sc(C(C)(C)O)cc1F)CCC2. The number of fused-ring (bicyclic) bond motifs is 1. The molecule has 0 fully saturated rings. The standard InChI is InChI=1S/C20H24F4N4O3S2/c1-4-10-14(9-20(22,23)24)26-13-7-5-6-11(13)16(10)27-18(29)28-33(25,31)17-12(21)8-15(32-17)19(2,3)30/h8,30H,4-7,9H2,1-3H3,(H3,25,26,27,28,29,31). The molecule has 2 aromatic rings. The quantitative estimate of drug-likeness (QED) is 0.512. The number of urea groups is 1. The van der Waals surface area contributed by atoms with E-state index in [0.29, 0.717) is 41.9 Å². The third-order valence-electron chi connectivity index (χ3n) is 5.11. The average Bonchev–Trinajstić information content (AvgIpc) is 3.26. The van der Waals surface area contributed by atoms with E-state index >= 15 is 0 Å². The van der Waals surface area contributed by atoms with E-state index in [1.807, 2.05) is 0 Å². The lowest BCUT2D eigenvalue weighted by molar-refractivity contribution is -0.128. The van der Waals surface area contributed by atoms with Crippen LogP contribution in [0.1, 0.15) is 54.6 Å². The van der Waals surface area contributed by atoms with Gasteiger partial charge in [-0.15, -0.1) is 15.7 Å². The van der Waals surface area contributed by atoms with Crippen LogP contribution in [0.25, 0.3) is 0 Å². The number of rotatable bonds is 5. The van der Waals surface area contributed by atoms with Crippen molar-refractivity contribution >= 4 is 33.0 Å². The summed E-state index contributed by atoms with van der Waals surface area (Å²) in [5.74, 6) is -0.979. The number of nitrogens with one attached hydrogen (secondary N) is 1. The van der Waals surface area contributed by atoms with Crippen LogP contribution in [-0.2, 0) is 41.2 Å². The van der Waals surface area contributed by atoms with Gasteiger partial charge < -0.3 is 10.4 Å². The highest BCUT2D eigenvalue weighted by Gasteiger charge is 2.33. The van der Waals surface area contributed by atoms with Crippen molar-refractivity contribution in [2.24, 2.45) is 9.50 Å². The molecule has 1 unspecified atom stereocenters. The maximum atomic E-state index is 14.4. The van der Waals surface area contributed by atoms with Crippen LogP contribution in [0, 0.1) is 5.82 Å². The minimum Gasteiger partial charge on any atom is -0.385 e. The lowest BCUT2D eigenvalue weighted by Gasteiger charge is -2.18. The molecule has 4 N–H and O–H groups in total. The summed E-state index contributed by atoms with van der Waals surface area (Å²) >= 11 is 0.624. The second-order valence-corrected chi connectivity index (χ2v) is 11.3. The Morgan fingerprint density at radius 3 is 2.58 bits per heavy atom. The Kier molecular flexibility index (Phi) is 6.91. The van der Waals surface area contributed by atoms with E-state index in [-0.39, 0.29) is 28.2 Å². The average molecular weight is 509 g/mol. The number of alkyl halides is 3. The summed E-state index contributed by atoms with van der Waals surface area (Å²) < 4.78 is 69.4. The number of aromatic nitrogens is 1. The molecule has 33 heavy (non-hydrogen) atoms. The van der Waals surface area contributed by atoms with Gasteiger partial charge in [-0.05, 0) is 56.7 Å². The predicted molar refractivity (Wildman–Crippen MR) is 117 cm³/mol. The van der Waals surface area contributed by atoms with Crippen LogP contribution in [0.2, 0.25) is 0 Å². The zero-order valence-electron chi connectivity index (χ0n) is 18.2. The van der Waals surface area contributed by atoms with Crippen molar-refractivity contribution in [3.63, 3.8) is 0 Å². The van der Waals surface area contributed by atoms with Gasteiger partial charge in [-0.1, -0.05) is 6.92 Å². The number of thiophene rings is 1. The van der Waals surface area contributed by atoms with Crippen molar-refractivity contribution in [1.82, 2.24) is 4.98 Å². The Morgan fingerprint density at radius 2 is 2.03 bits per heavy atom. The van der Waals surface area contributed by atoms with Crippen molar-refractivity contribution < 1.29 is 31.7 Å². The molecule has 2 amide bonds. The Bertz CT molecular complexity index is 1210. The number of halogens is 4. The van der Waals surface area contributed by atoms with Gasteiger partial charge in [0.25, 0.3) is 0 Å². The molecule has 1 aliphatic carbocycles. The van der Waals surface area contributed by atoms with Gasteiger partial charge in [0.15, 0.2) is 19.9 Å². The molecule has 2 aromatic heterocycles. The predicted octanol–water partition coefficient (Wildman–Crippen LogP) is 4.60. The van der Waals surface area contributed by atoms with Gasteiger partial charge >= 0.3 is 12.2 Å². The zero-order valence-corrected chi connectivity index (χ0v) is 19.8. The molecule has 0 saturated heterocycles. The molecular weight excluding hydrogens is 484 g/mol. The summed E-state index contributed by atoms with van der Waals surface area (Å²) in [6.07, 6.45) is -3.95. The van der Waals surface area contributed by atoms with E-state index in [9.17, 15) is 31.7 Å². The number of carbonyl (C=O) groups is 1. The Balaban J connectivity index is 2.02. The molecule has 0 saturated carbocycles. The largest absolute Gasteiger partial charge is 0.394 e. The number of anilines is 1. The highest BCUT2D eigenvalue weighted by atomic mass is 32.2. The smallest absolute Gasteiger partial charge is 0.385 e. The summed E-state index contributed by atoms with van der Waals surface area (Å²) in [6, 6.07) is -0.207. The Labute approximate surface area is 192 Å². The topological polar surface area (TPSA) is 118 Å². The summed E-state index contributed by atoms with van der Waals surface area (Å²) in [7, 11) is -4.02. The number of aryl methyl sites for hydroxylation is 1. The number of aliphatic hydroxyl groups is 1. The minimum absolute atomic E-state index is 0.140. The fourth-order valence-electron chi connectivity index (χ4n) is 3.69. The molecule has 1 aliphatic rings. The number of hydrogen-bond acceptors (Lipinski definition) is 5. The molecule has 0 bridgehead atoms. The van der Waals surface area contributed by atoms with E-state index in [1.165, 1.54) is 13.8 Å². The van der Waals surface area contributed by atoms with Crippen molar-refractivity contribution in [2.75, 3.05) is 5.32 Å². The fourth-order valence-corrected chi connectivity index (χ4v) is 6.03. The summed E-state index contributed by atoms with van der Waals surface area (Å²) in [5.41, 5.74) is -0.164. The van der Waals surface area contributed by atoms with Crippen LogP contribution in [0.3, 0.4) is 0 Å². The van der Waals surface area contributed by atoms with Crippen LogP contribution in [-0.4, -0.2) is 26.5 Å². The molecule has 182 valence electrons. The molecule has 1 atom stereocenters. The number of carbonyl (C=O) groups excluding carboxylic acids is 1. The van der Waals surface area contributed by atoms with Gasteiger partial charge in [0, 0.05) is 10.6 Å². The van der Waals surface area contributed by atoms with Crippen LogP contribution in [0.4, 0.5) is 28.0 Å². The number of amides is 2. The van der Waals surface area contributed by atoms with Gasteiger partial charge in [0.2, 0.25) is 0 Å². The van der Waals surface area contributed by atoms with Gasteiger partial charge in [-0.2, -0.15) is 13.2 Å². The lowest BCUT2D eigenvalue weighted by atomic mass is 10.0. The summed E-state index contributed by atoms with van der Waals surface area (Å²) in [5, 5.41) is 18.1. The minimum atomic E-state index is -4.49. The van der Waals surface area contributed by atoms with E-state index < -0.39 is 44.2 Å². The highest BCUT2D eigenvalue weighted by molar-refractivity contribution is 7.93. The lowest BCUT2D eigenvalue weighted by Crippen LogP contribution is -2.21. The van der Waals surface area contributed by atoms with E-state index in [2.05, 4.69) is 14.7 Å². The van der Waals surface area contributed by atoms with Crippen LogP contribution in [0.15, 0.2) is 14.6 Å². The molecule has 0 radical (unpaired) electrons. The first-order chi connectivity index (χ1) is 15.1. The monoisotopic (exact) mass is 508 g/mol. The summed E-state index contributed by atoms with van der Waals surface area (Å²) in [6.45, 7) is 4.44. The van der Waals surface area contributed by atoms with Gasteiger partial charge in [-0.3, -0.25) is 4.98 Å². The third kappa shape index (κ3) is 5.70. The van der Waals surface area contributed by atoms with E-state index in [1.54, 1.807) is 6.92 Å². The number of hydrogen-bond donors (Lipinski definition) is 3. The molecule has 0 aliphatic heterocycles. The molecule has 13 heteroatoms. The first-order valence-corrected chi connectivity index (χ1v) is 12.5. The van der Waals surface area contributed by atoms with Gasteiger partial charge in [0.05, 0.1) is 23.4 Å². The Hall–Kier alpha value is -2.09. The second kappa shape index (κ2) is 8.93. The van der Waals surface area contributed by atoms with Crippen LogP contribution >= 0.6 is 11.3 Å². The van der Waals surface area contributed by atoms with Crippen LogP contribution in [0.5, 0.6) is 0 Å². The molecular formula is C20H24F4N4O3S2. The second-order valence-electron chi connectivity index (χ2n) is 8.23. The van der Waals surface area contributed by atoms with Gasteiger partial charge in [0.1, 0.15) is 0 Å². The number of nitrogens with two attached hydrogens (primary N) is 1. The first kappa shape index (κ1) is 25.5. The number of nitrogens with zero attached hydrogens (tertiary/aromatic N) is 2. The Morgan fingerprint density at radius 1 is 1.36 bits per heavy atom. The van der Waals surface area contributed by atoms with Crippen molar-refractivity contribution in [1.29, 1.82) is 0 Å². The van der Waals surface area contributed by atoms with Crippen LogP contribution < -0.4 is 10.5 Å². The normalized spacial score (nSPS) is 15.8.